The summed E-state index contributed by atoms with van der Waals surface area (Å²) in [5.41, 5.74) is 1.01. The van der Waals surface area contributed by atoms with Gasteiger partial charge in [-0.05, 0) is 32.3 Å². The largest absolute Gasteiger partial charge is 0.376 e. The lowest BCUT2D eigenvalue weighted by Crippen LogP contribution is -3.28. The summed E-state index contributed by atoms with van der Waals surface area (Å²) in [5, 5.41) is 3.74. The van der Waals surface area contributed by atoms with Gasteiger partial charge in [0.2, 0.25) is 0 Å². The first-order valence-corrected chi connectivity index (χ1v) is 11.4. The van der Waals surface area contributed by atoms with Gasteiger partial charge in [-0.3, -0.25) is 9.59 Å². The van der Waals surface area contributed by atoms with E-state index in [1.807, 2.05) is 13.8 Å². The van der Waals surface area contributed by atoms with Gasteiger partial charge in [-0.25, -0.2) is 4.98 Å². The Labute approximate surface area is 174 Å². The van der Waals surface area contributed by atoms with Gasteiger partial charge in [-0.2, -0.15) is 0 Å². The van der Waals surface area contributed by atoms with E-state index in [0.717, 1.165) is 78.7 Å². The molecule has 2 aliphatic heterocycles. The molecule has 0 bridgehead atoms. The number of amides is 1. The summed E-state index contributed by atoms with van der Waals surface area (Å²) in [6.07, 6.45) is 2.33. The zero-order valence-electron chi connectivity index (χ0n) is 17.2. The molecule has 0 radical (unpaired) electrons. The lowest BCUT2D eigenvalue weighted by molar-refractivity contribution is -1.02. The van der Waals surface area contributed by atoms with Crippen molar-refractivity contribution in [3.63, 3.8) is 0 Å². The first kappa shape index (κ1) is 20.5. The highest BCUT2D eigenvalue weighted by Crippen LogP contribution is 2.25. The molecule has 158 valence electrons. The molecule has 0 aromatic carbocycles. The van der Waals surface area contributed by atoms with E-state index in [0.29, 0.717) is 13.1 Å². The number of quaternary nitrogens is 2. The van der Waals surface area contributed by atoms with Crippen molar-refractivity contribution >= 4 is 27.5 Å². The van der Waals surface area contributed by atoms with E-state index in [4.69, 9.17) is 9.72 Å². The van der Waals surface area contributed by atoms with Gasteiger partial charge < -0.3 is 24.8 Å². The quantitative estimate of drug-likeness (QED) is 0.442. The number of nitrogens with one attached hydrogen (secondary N) is 4. The van der Waals surface area contributed by atoms with Crippen LogP contribution in [0, 0.1) is 13.8 Å². The van der Waals surface area contributed by atoms with Crippen molar-refractivity contribution in [2.45, 2.75) is 39.3 Å². The molecule has 9 heteroatoms. The van der Waals surface area contributed by atoms with Crippen LogP contribution in [0.15, 0.2) is 4.79 Å². The molecule has 4 heterocycles. The molecule has 8 nitrogen and oxygen atoms in total. The van der Waals surface area contributed by atoms with Gasteiger partial charge in [0.15, 0.2) is 12.4 Å². The van der Waals surface area contributed by atoms with E-state index in [9.17, 15) is 9.59 Å². The first-order valence-electron chi connectivity index (χ1n) is 10.5. The van der Waals surface area contributed by atoms with E-state index in [1.54, 1.807) is 11.3 Å². The molecule has 2 aromatic heterocycles. The summed E-state index contributed by atoms with van der Waals surface area (Å²) in [6.45, 7) is 10.5. The predicted octanol–water partition coefficient (Wildman–Crippen LogP) is -1.82. The molecule has 0 unspecified atom stereocenters. The van der Waals surface area contributed by atoms with E-state index in [1.165, 1.54) is 9.80 Å². The van der Waals surface area contributed by atoms with E-state index >= 15 is 0 Å². The number of H-pyrrole nitrogens is 1. The maximum atomic E-state index is 12.4. The van der Waals surface area contributed by atoms with Gasteiger partial charge >= 0.3 is 0 Å². The summed E-state index contributed by atoms with van der Waals surface area (Å²) in [7, 11) is 0. The smallest absolute Gasteiger partial charge is 0.275 e. The third kappa shape index (κ3) is 4.85. The fourth-order valence-electron chi connectivity index (χ4n) is 4.25. The highest BCUT2D eigenvalue weighted by molar-refractivity contribution is 7.18. The number of hydrogen-bond acceptors (Lipinski definition) is 5. The molecular formula is C20H31N5O3S+2. The van der Waals surface area contributed by atoms with Gasteiger partial charge in [-0.15, -0.1) is 11.3 Å². The molecule has 1 atom stereocenters. The Balaban J connectivity index is 1.26. The van der Waals surface area contributed by atoms with Crippen molar-refractivity contribution in [2.24, 2.45) is 0 Å². The van der Waals surface area contributed by atoms with Crippen molar-refractivity contribution in [3.8, 4) is 0 Å². The summed E-state index contributed by atoms with van der Waals surface area (Å²) in [6, 6.07) is 0. The van der Waals surface area contributed by atoms with E-state index in [2.05, 4.69) is 10.3 Å². The average Bonchev–Trinajstić information content (AvgIpc) is 3.30. The van der Waals surface area contributed by atoms with Crippen LogP contribution in [0.1, 0.15) is 29.1 Å². The van der Waals surface area contributed by atoms with Crippen molar-refractivity contribution in [1.29, 1.82) is 0 Å². The minimum Gasteiger partial charge on any atom is -0.376 e. The third-order valence-corrected chi connectivity index (χ3v) is 7.23. The lowest BCUT2D eigenvalue weighted by atomic mass is 10.2. The third-order valence-electron chi connectivity index (χ3n) is 6.13. The maximum Gasteiger partial charge on any atom is 0.275 e. The molecule has 4 rings (SSSR count). The molecule has 0 saturated carbocycles. The number of aryl methyl sites for hydroxylation is 2. The average molecular weight is 422 g/mol. The molecule has 1 amide bonds. The molecule has 0 spiro atoms. The van der Waals surface area contributed by atoms with Crippen molar-refractivity contribution < 1.29 is 19.3 Å². The van der Waals surface area contributed by atoms with Crippen molar-refractivity contribution in [3.05, 3.63) is 26.6 Å². The fourth-order valence-corrected chi connectivity index (χ4v) is 5.30. The number of thiophene rings is 1. The number of ether oxygens (including phenoxy) is 1. The number of aromatic nitrogens is 2. The van der Waals surface area contributed by atoms with Crippen LogP contribution in [0.3, 0.4) is 0 Å². The van der Waals surface area contributed by atoms with Crippen molar-refractivity contribution in [2.75, 3.05) is 45.9 Å². The minimum atomic E-state index is -0.0292. The first-order chi connectivity index (χ1) is 14.0. The number of carbonyl (C=O) groups is 1. The van der Waals surface area contributed by atoms with Crippen LogP contribution < -0.4 is 20.7 Å². The van der Waals surface area contributed by atoms with Gasteiger partial charge in [0.1, 0.15) is 37.6 Å². The Morgan fingerprint density at radius 2 is 2.03 bits per heavy atom. The molecule has 2 aromatic rings. The summed E-state index contributed by atoms with van der Waals surface area (Å²) < 4.78 is 5.55. The number of hydrogen-bond donors (Lipinski definition) is 4. The molecule has 4 N–H and O–H groups in total. The zero-order chi connectivity index (χ0) is 20.4. The molecule has 2 fully saturated rings. The molecule has 0 aliphatic carbocycles. The van der Waals surface area contributed by atoms with Crippen LogP contribution in [0.25, 0.3) is 10.2 Å². The van der Waals surface area contributed by atoms with Crippen LogP contribution in [-0.2, 0) is 16.1 Å². The standard InChI is InChI=1S/C20H29N5O3S/c1-13-14(2)29-20-18(13)19(27)22-16(23-20)11-24-5-7-25(8-6-24)12-17(26)21-10-15-4-3-9-28-15/h15H,3-12H2,1-2H3,(H,21,26)(H,22,23,27)/p+2/t15-/m1/s1. The van der Waals surface area contributed by atoms with E-state index < -0.39 is 0 Å². The minimum absolute atomic E-state index is 0.0292. The molecule has 2 aliphatic rings. The van der Waals surface area contributed by atoms with Crippen LogP contribution in [0.5, 0.6) is 0 Å². The van der Waals surface area contributed by atoms with Crippen LogP contribution in [0.4, 0.5) is 0 Å². The van der Waals surface area contributed by atoms with E-state index in [-0.39, 0.29) is 17.6 Å². The number of rotatable bonds is 6. The second-order valence-electron chi connectivity index (χ2n) is 8.27. The molecular weight excluding hydrogens is 390 g/mol. The SMILES string of the molecule is Cc1sc2nc(C[NH+]3CC[NH+](CC(=O)NC[C@H]4CCCO4)CC3)[nH]c(=O)c2c1C. The van der Waals surface area contributed by atoms with Gasteiger partial charge in [0.05, 0.1) is 11.5 Å². The van der Waals surface area contributed by atoms with Crippen LogP contribution in [0.2, 0.25) is 0 Å². The molecule has 2 saturated heterocycles. The Bertz CT molecular complexity index is 926. The number of fused-ring (bicyclic) bond motifs is 1. The monoisotopic (exact) mass is 421 g/mol. The predicted molar refractivity (Wildman–Crippen MR) is 112 cm³/mol. The summed E-state index contributed by atoms with van der Waals surface area (Å²) in [4.78, 5) is 37.0. The topological polar surface area (TPSA) is 93.0 Å². The highest BCUT2D eigenvalue weighted by atomic mass is 32.1. The second-order valence-corrected chi connectivity index (χ2v) is 9.47. The van der Waals surface area contributed by atoms with Gasteiger partial charge in [-0.1, -0.05) is 0 Å². The maximum absolute atomic E-state index is 12.4. The normalized spacial score (nSPS) is 24.8. The van der Waals surface area contributed by atoms with Crippen molar-refractivity contribution in [1.82, 2.24) is 15.3 Å². The number of aromatic amines is 1. The highest BCUT2D eigenvalue weighted by Gasteiger charge is 2.26. The Hall–Kier alpha value is -1.81. The fraction of sp³-hybridized carbons (Fsp3) is 0.650. The second kappa shape index (κ2) is 8.91. The summed E-state index contributed by atoms with van der Waals surface area (Å²) >= 11 is 1.59. The Morgan fingerprint density at radius 3 is 2.76 bits per heavy atom. The Kier molecular flexibility index (Phi) is 6.29. The number of piperazine rings is 1. The van der Waals surface area contributed by atoms with Crippen LogP contribution in [-0.4, -0.2) is 67.9 Å². The number of carbonyl (C=O) groups excluding carboxylic acids is 1. The van der Waals surface area contributed by atoms with Gasteiger partial charge in [0.25, 0.3) is 11.5 Å². The zero-order valence-corrected chi connectivity index (χ0v) is 18.0. The van der Waals surface area contributed by atoms with Gasteiger partial charge in [0, 0.05) is 18.0 Å². The molecule has 29 heavy (non-hydrogen) atoms. The number of nitrogens with zero attached hydrogens (tertiary/aromatic N) is 1. The van der Waals surface area contributed by atoms with Crippen LogP contribution >= 0.6 is 11.3 Å². The lowest BCUT2D eigenvalue weighted by Gasteiger charge is -2.29. The summed E-state index contributed by atoms with van der Waals surface area (Å²) in [5.74, 6) is 0.871. The Morgan fingerprint density at radius 1 is 1.28 bits per heavy atom.